The molecule has 1 atom stereocenters. The van der Waals surface area contributed by atoms with Gasteiger partial charge < -0.3 is 14.5 Å². The van der Waals surface area contributed by atoms with Gasteiger partial charge in [0.05, 0.1) is 23.6 Å². The Morgan fingerprint density at radius 3 is 2.67 bits per heavy atom. The minimum absolute atomic E-state index is 0.173. The van der Waals surface area contributed by atoms with E-state index >= 15 is 0 Å². The number of hydrogen-bond acceptors (Lipinski definition) is 7. The minimum atomic E-state index is -0.938. The van der Waals surface area contributed by atoms with Crippen LogP contribution in [-0.4, -0.2) is 41.2 Å². The number of carbonyl (C=O) groups excluding carboxylic acids is 3. The van der Waals surface area contributed by atoms with Crippen molar-refractivity contribution in [3.63, 3.8) is 0 Å². The lowest BCUT2D eigenvalue weighted by Crippen LogP contribution is -2.26. The first-order chi connectivity index (χ1) is 12.8. The fraction of sp³-hybridized carbons (Fsp3) is 0.421. The van der Waals surface area contributed by atoms with E-state index in [0.717, 1.165) is 5.75 Å². The molecule has 0 aromatic carbocycles. The van der Waals surface area contributed by atoms with Crippen molar-refractivity contribution in [3.05, 3.63) is 44.9 Å². The van der Waals surface area contributed by atoms with Gasteiger partial charge in [-0.2, -0.15) is 0 Å². The van der Waals surface area contributed by atoms with Crippen molar-refractivity contribution >= 4 is 40.8 Å². The Balaban J connectivity index is 1.95. The van der Waals surface area contributed by atoms with Crippen LogP contribution in [0.3, 0.4) is 0 Å². The number of ether oxygens (including phenoxy) is 2. The second kappa shape index (κ2) is 9.75. The Morgan fingerprint density at radius 2 is 2.04 bits per heavy atom. The third-order valence-corrected chi connectivity index (χ3v) is 5.90. The second-order valence-corrected chi connectivity index (χ2v) is 7.93. The molecule has 0 unspecified atom stereocenters. The molecule has 0 amide bonds. The maximum atomic E-state index is 12.6. The number of aromatic nitrogens is 1. The number of nitrogens with one attached hydrogen (secondary N) is 1. The number of hydrogen-bond donors (Lipinski definition) is 1. The van der Waals surface area contributed by atoms with Crippen molar-refractivity contribution in [2.24, 2.45) is 0 Å². The average Bonchev–Trinajstić information content (AvgIpc) is 3.22. The van der Waals surface area contributed by atoms with Crippen LogP contribution in [0.1, 0.15) is 50.8 Å². The monoisotopic (exact) mass is 409 g/mol. The summed E-state index contributed by atoms with van der Waals surface area (Å²) in [5.41, 5.74) is 1.68. The molecule has 0 radical (unpaired) electrons. The Kier molecular flexibility index (Phi) is 7.67. The number of ketones is 1. The third-order valence-electron chi connectivity index (χ3n) is 3.89. The maximum Gasteiger partial charge on any atom is 0.340 e. The summed E-state index contributed by atoms with van der Waals surface area (Å²) in [4.78, 5) is 40.8. The quantitative estimate of drug-likeness (QED) is 0.499. The van der Waals surface area contributed by atoms with E-state index in [-0.39, 0.29) is 23.8 Å². The van der Waals surface area contributed by atoms with E-state index in [0.29, 0.717) is 16.8 Å². The minimum Gasteiger partial charge on any atom is -0.462 e. The molecule has 6 nitrogen and oxygen atoms in total. The molecule has 2 rings (SSSR count). The van der Waals surface area contributed by atoms with E-state index in [1.54, 1.807) is 32.1 Å². The topological polar surface area (TPSA) is 85.5 Å². The standard InChI is InChI=1S/C19H23NO5S2/c1-5-24-19(23)16-11(2)17(20-12(16)3)18(22)13(4)25-15(21)10-26-9-14-7-6-8-27-14/h6-8,13,20H,5,9-10H2,1-4H3/t13-/m0/s1. The molecular weight excluding hydrogens is 386 g/mol. The molecule has 0 aliphatic rings. The highest BCUT2D eigenvalue weighted by atomic mass is 32.2. The molecule has 0 saturated carbocycles. The fourth-order valence-electron chi connectivity index (χ4n) is 2.62. The number of Topliss-reactive ketones (excluding diaryl/α,β-unsaturated/α-hetero) is 1. The van der Waals surface area contributed by atoms with Gasteiger partial charge in [0, 0.05) is 16.3 Å². The predicted molar refractivity (Wildman–Crippen MR) is 107 cm³/mol. The van der Waals surface area contributed by atoms with E-state index in [1.807, 2.05) is 17.5 Å². The van der Waals surface area contributed by atoms with Crippen LogP contribution in [0, 0.1) is 13.8 Å². The van der Waals surface area contributed by atoms with E-state index in [9.17, 15) is 14.4 Å². The summed E-state index contributed by atoms with van der Waals surface area (Å²) in [6.45, 7) is 6.88. The Bertz CT molecular complexity index is 810. The van der Waals surface area contributed by atoms with Gasteiger partial charge in [0.1, 0.15) is 0 Å². The number of thiophene rings is 1. The Labute approximate surface area is 166 Å². The fourth-order valence-corrected chi connectivity index (χ4v) is 4.27. The van der Waals surface area contributed by atoms with Crippen LogP contribution in [0.5, 0.6) is 0 Å². The molecule has 0 aliphatic heterocycles. The molecule has 1 N–H and O–H groups in total. The van der Waals surface area contributed by atoms with Crippen LogP contribution in [0.2, 0.25) is 0 Å². The number of carbonyl (C=O) groups is 3. The highest BCUT2D eigenvalue weighted by Crippen LogP contribution is 2.21. The molecule has 8 heteroatoms. The van der Waals surface area contributed by atoms with Gasteiger partial charge in [-0.3, -0.25) is 9.59 Å². The molecule has 146 valence electrons. The first kappa shape index (κ1) is 21.2. The van der Waals surface area contributed by atoms with E-state index in [1.165, 1.54) is 23.6 Å². The summed E-state index contributed by atoms with van der Waals surface area (Å²) >= 11 is 3.08. The number of rotatable bonds is 9. The van der Waals surface area contributed by atoms with Gasteiger partial charge in [-0.05, 0) is 44.7 Å². The van der Waals surface area contributed by atoms with Gasteiger partial charge in [-0.15, -0.1) is 23.1 Å². The summed E-state index contributed by atoms with van der Waals surface area (Å²) in [6, 6.07) is 3.97. The zero-order valence-corrected chi connectivity index (χ0v) is 17.4. The van der Waals surface area contributed by atoms with Crippen molar-refractivity contribution in [2.45, 2.75) is 39.6 Å². The van der Waals surface area contributed by atoms with Crippen LogP contribution in [0.15, 0.2) is 17.5 Å². The van der Waals surface area contributed by atoms with Gasteiger partial charge in [-0.25, -0.2) is 4.79 Å². The van der Waals surface area contributed by atoms with Crippen LogP contribution in [-0.2, 0) is 20.0 Å². The van der Waals surface area contributed by atoms with Crippen LogP contribution in [0.25, 0.3) is 0 Å². The van der Waals surface area contributed by atoms with Gasteiger partial charge in [0.15, 0.2) is 6.10 Å². The van der Waals surface area contributed by atoms with Gasteiger partial charge in [0.25, 0.3) is 0 Å². The molecule has 0 bridgehead atoms. The molecule has 2 heterocycles. The summed E-state index contributed by atoms with van der Waals surface area (Å²) in [7, 11) is 0. The summed E-state index contributed by atoms with van der Waals surface area (Å²) in [5, 5.41) is 1.99. The number of H-pyrrole nitrogens is 1. The SMILES string of the molecule is CCOC(=O)c1c(C)[nH]c(C(=O)[C@H](C)OC(=O)CSCc2cccs2)c1C. The highest BCUT2D eigenvalue weighted by Gasteiger charge is 2.27. The smallest absolute Gasteiger partial charge is 0.340 e. The van der Waals surface area contributed by atoms with Gasteiger partial charge in [-0.1, -0.05) is 6.07 Å². The molecule has 27 heavy (non-hydrogen) atoms. The molecule has 0 fully saturated rings. The normalized spacial score (nSPS) is 11.9. The summed E-state index contributed by atoms with van der Waals surface area (Å²) < 4.78 is 10.3. The first-order valence-corrected chi connectivity index (χ1v) is 10.6. The average molecular weight is 410 g/mol. The number of thioether (sulfide) groups is 1. The summed E-state index contributed by atoms with van der Waals surface area (Å²) in [5.74, 6) is -0.386. The van der Waals surface area contributed by atoms with Crippen molar-refractivity contribution in [2.75, 3.05) is 12.4 Å². The molecule has 2 aromatic rings. The predicted octanol–water partition coefficient (Wildman–Crippen LogP) is 3.92. The van der Waals surface area contributed by atoms with Crippen LogP contribution in [0.4, 0.5) is 0 Å². The Morgan fingerprint density at radius 1 is 1.30 bits per heavy atom. The van der Waals surface area contributed by atoms with E-state index in [2.05, 4.69) is 4.98 Å². The van der Waals surface area contributed by atoms with Gasteiger partial charge >= 0.3 is 11.9 Å². The van der Waals surface area contributed by atoms with Crippen molar-refractivity contribution in [3.8, 4) is 0 Å². The van der Waals surface area contributed by atoms with E-state index in [4.69, 9.17) is 9.47 Å². The zero-order chi connectivity index (χ0) is 20.0. The second-order valence-electron chi connectivity index (χ2n) is 5.91. The highest BCUT2D eigenvalue weighted by molar-refractivity contribution is 7.99. The zero-order valence-electron chi connectivity index (χ0n) is 15.8. The summed E-state index contributed by atoms with van der Waals surface area (Å²) in [6.07, 6.45) is -0.938. The van der Waals surface area contributed by atoms with Crippen LogP contribution >= 0.6 is 23.1 Å². The molecule has 0 aliphatic carbocycles. The van der Waals surface area contributed by atoms with Crippen molar-refractivity contribution in [1.29, 1.82) is 0 Å². The van der Waals surface area contributed by atoms with E-state index < -0.39 is 18.0 Å². The number of aryl methyl sites for hydroxylation is 1. The van der Waals surface area contributed by atoms with Crippen molar-refractivity contribution < 1.29 is 23.9 Å². The lowest BCUT2D eigenvalue weighted by Gasteiger charge is -2.12. The lowest BCUT2D eigenvalue weighted by molar-refractivity contribution is -0.143. The molecule has 0 saturated heterocycles. The number of esters is 2. The number of aromatic amines is 1. The third kappa shape index (κ3) is 5.46. The van der Waals surface area contributed by atoms with Gasteiger partial charge in [0.2, 0.25) is 5.78 Å². The molecule has 0 spiro atoms. The first-order valence-electron chi connectivity index (χ1n) is 8.55. The van der Waals surface area contributed by atoms with Crippen LogP contribution < -0.4 is 0 Å². The van der Waals surface area contributed by atoms with Crippen molar-refractivity contribution in [1.82, 2.24) is 4.98 Å². The Hall–Kier alpha value is -2.06. The largest absolute Gasteiger partial charge is 0.462 e. The maximum absolute atomic E-state index is 12.6. The lowest BCUT2D eigenvalue weighted by atomic mass is 10.1. The molecule has 2 aromatic heterocycles. The molecular formula is C19H23NO5S2.